The van der Waals surface area contributed by atoms with Crippen molar-refractivity contribution in [1.82, 2.24) is 9.97 Å². The highest BCUT2D eigenvalue weighted by atomic mass is 16.5. The molecule has 1 aromatic heterocycles. The summed E-state index contributed by atoms with van der Waals surface area (Å²) < 4.78 is 5.62. The Bertz CT molecular complexity index is 933. The molecule has 2 aromatic carbocycles. The van der Waals surface area contributed by atoms with Crippen LogP contribution in [0, 0.1) is 5.92 Å². The quantitative estimate of drug-likeness (QED) is 0.712. The topological polar surface area (TPSA) is 58.2 Å². The molecule has 1 N–H and O–H groups in total. The van der Waals surface area contributed by atoms with E-state index in [4.69, 9.17) is 4.74 Å². The first-order valence-corrected chi connectivity index (χ1v) is 9.83. The lowest BCUT2D eigenvalue weighted by atomic mass is 9.93. The molecular formula is C23H25N3O2. The average Bonchev–Trinajstić information content (AvgIpc) is 2.75. The van der Waals surface area contributed by atoms with E-state index in [2.05, 4.69) is 39.1 Å². The Morgan fingerprint density at radius 1 is 1.00 bits per heavy atom. The summed E-state index contributed by atoms with van der Waals surface area (Å²) in [5.41, 5.74) is 2.10. The van der Waals surface area contributed by atoms with Crippen LogP contribution in [0.1, 0.15) is 24.2 Å². The van der Waals surface area contributed by atoms with Crippen LogP contribution in [-0.2, 0) is 13.0 Å². The molecule has 1 saturated heterocycles. The SMILES string of the molecule is O=c1[nH]c(CC2CCN(c3ccccc3)CC2)ncc1OCc1ccccc1. The van der Waals surface area contributed by atoms with Gasteiger partial charge in [-0.2, -0.15) is 0 Å². The highest BCUT2D eigenvalue weighted by Gasteiger charge is 2.20. The van der Waals surface area contributed by atoms with Crippen LogP contribution in [0.5, 0.6) is 5.75 Å². The number of nitrogens with one attached hydrogen (secondary N) is 1. The molecule has 0 radical (unpaired) electrons. The Labute approximate surface area is 165 Å². The van der Waals surface area contributed by atoms with E-state index in [-0.39, 0.29) is 11.3 Å². The number of nitrogens with zero attached hydrogens (tertiary/aromatic N) is 2. The number of ether oxygens (including phenoxy) is 1. The second-order valence-corrected chi connectivity index (χ2v) is 7.27. The number of piperidine rings is 1. The molecule has 0 bridgehead atoms. The molecule has 1 aliphatic heterocycles. The van der Waals surface area contributed by atoms with Crippen LogP contribution in [0.2, 0.25) is 0 Å². The monoisotopic (exact) mass is 375 g/mol. The average molecular weight is 375 g/mol. The van der Waals surface area contributed by atoms with Crippen molar-refractivity contribution in [3.63, 3.8) is 0 Å². The summed E-state index contributed by atoms with van der Waals surface area (Å²) in [6.07, 6.45) is 4.56. The molecule has 0 saturated carbocycles. The zero-order valence-corrected chi connectivity index (χ0v) is 15.9. The number of aromatic amines is 1. The summed E-state index contributed by atoms with van der Waals surface area (Å²) in [5.74, 6) is 1.56. The van der Waals surface area contributed by atoms with Crippen LogP contribution in [-0.4, -0.2) is 23.1 Å². The molecule has 5 nitrogen and oxygen atoms in total. The normalized spacial score (nSPS) is 14.8. The van der Waals surface area contributed by atoms with Gasteiger partial charge in [0.25, 0.3) is 5.56 Å². The van der Waals surface area contributed by atoms with E-state index in [1.54, 1.807) is 6.20 Å². The molecule has 0 spiro atoms. The minimum absolute atomic E-state index is 0.206. The Morgan fingerprint density at radius 2 is 1.68 bits per heavy atom. The van der Waals surface area contributed by atoms with Gasteiger partial charge >= 0.3 is 0 Å². The highest BCUT2D eigenvalue weighted by molar-refractivity contribution is 5.46. The first-order chi connectivity index (χ1) is 13.8. The van der Waals surface area contributed by atoms with Gasteiger partial charge < -0.3 is 14.6 Å². The fourth-order valence-corrected chi connectivity index (χ4v) is 3.67. The van der Waals surface area contributed by atoms with Gasteiger partial charge in [0.05, 0.1) is 6.20 Å². The molecule has 4 rings (SSSR count). The zero-order valence-electron chi connectivity index (χ0n) is 15.9. The second-order valence-electron chi connectivity index (χ2n) is 7.27. The lowest BCUT2D eigenvalue weighted by Crippen LogP contribution is -2.34. The van der Waals surface area contributed by atoms with Crippen LogP contribution in [0.4, 0.5) is 5.69 Å². The fraction of sp³-hybridized carbons (Fsp3) is 0.304. The first-order valence-electron chi connectivity index (χ1n) is 9.83. The van der Waals surface area contributed by atoms with E-state index < -0.39 is 0 Å². The van der Waals surface area contributed by atoms with E-state index in [1.165, 1.54) is 5.69 Å². The number of rotatable bonds is 6. The minimum Gasteiger partial charge on any atom is -0.482 e. The van der Waals surface area contributed by atoms with Gasteiger partial charge in [0, 0.05) is 25.2 Å². The Balaban J connectivity index is 1.31. The van der Waals surface area contributed by atoms with E-state index in [0.29, 0.717) is 12.5 Å². The van der Waals surface area contributed by atoms with Gasteiger partial charge in [-0.05, 0) is 36.5 Å². The lowest BCUT2D eigenvalue weighted by Gasteiger charge is -2.33. The van der Waals surface area contributed by atoms with Gasteiger partial charge in [0.1, 0.15) is 12.4 Å². The summed E-state index contributed by atoms with van der Waals surface area (Å²) in [7, 11) is 0. The summed E-state index contributed by atoms with van der Waals surface area (Å²) in [6.45, 7) is 2.44. The Morgan fingerprint density at radius 3 is 2.36 bits per heavy atom. The Hall–Kier alpha value is -3.08. The van der Waals surface area contributed by atoms with Gasteiger partial charge in [-0.15, -0.1) is 0 Å². The number of H-pyrrole nitrogens is 1. The minimum atomic E-state index is -0.206. The number of hydrogen-bond donors (Lipinski definition) is 1. The summed E-state index contributed by atoms with van der Waals surface area (Å²) >= 11 is 0. The van der Waals surface area contributed by atoms with Crippen LogP contribution < -0.4 is 15.2 Å². The van der Waals surface area contributed by atoms with Crippen molar-refractivity contribution in [3.05, 3.63) is 88.6 Å². The highest BCUT2D eigenvalue weighted by Crippen LogP contribution is 2.24. The summed E-state index contributed by atoms with van der Waals surface area (Å²) in [6, 6.07) is 20.3. The number of aromatic nitrogens is 2. The largest absolute Gasteiger partial charge is 0.482 e. The smallest absolute Gasteiger partial charge is 0.293 e. The van der Waals surface area contributed by atoms with E-state index in [1.807, 2.05) is 36.4 Å². The lowest BCUT2D eigenvalue weighted by molar-refractivity contribution is 0.299. The second kappa shape index (κ2) is 8.74. The summed E-state index contributed by atoms with van der Waals surface area (Å²) in [5, 5.41) is 0. The maximum absolute atomic E-state index is 12.3. The van der Waals surface area contributed by atoms with E-state index >= 15 is 0 Å². The van der Waals surface area contributed by atoms with Gasteiger partial charge in [-0.1, -0.05) is 48.5 Å². The van der Waals surface area contributed by atoms with Gasteiger partial charge in [0.15, 0.2) is 0 Å². The number of para-hydroxylation sites is 1. The molecule has 3 aromatic rings. The standard InChI is InChI=1S/C23H25N3O2/c27-23-21(28-17-19-7-3-1-4-8-19)16-24-22(25-23)15-18-11-13-26(14-12-18)20-9-5-2-6-10-20/h1-10,16,18H,11-15,17H2,(H,24,25,27). The fourth-order valence-electron chi connectivity index (χ4n) is 3.67. The first kappa shape index (κ1) is 18.3. The van der Waals surface area contributed by atoms with Crippen molar-refractivity contribution in [2.75, 3.05) is 18.0 Å². The van der Waals surface area contributed by atoms with Crippen molar-refractivity contribution in [2.24, 2.45) is 5.92 Å². The predicted molar refractivity (Wildman–Crippen MR) is 111 cm³/mol. The molecule has 0 atom stereocenters. The Kier molecular flexibility index (Phi) is 5.71. The third kappa shape index (κ3) is 4.60. The van der Waals surface area contributed by atoms with E-state index in [0.717, 1.165) is 43.7 Å². The van der Waals surface area contributed by atoms with Crippen molar-refractivity contribution in [1.29, 1.82) is 0 Å². The van der Waals surface area contributed by atoms with Crippen LogP contribution in [0.25, 0.3) is 0 Å². The van der Waals surface area contributed by atoms with Crippen molar-refractivity contribution in [3.8, 4) is 5.75 Å². The number of benzene rings is 2. The number of hydrogen-bond acceptors (Lipinski definition) is 4. The van der Waals surface area contributed by atoms with Crippen molar-refractivity contribution < 1.29 is 4.74 Å². The van der Waals surface area contributed by atoms with Crippen LogP contribution >= 0.6 is 0 Å². The molecule has 0 unspecified atom stereocenters. The number of anilines is 1. The molecule has 1 fully saturated rings. The predicted octanol–water partition coefficient (Wildman–Crippen LogP) is 3.81. The molecule has 144 valence electrons. The van der Waals surface area contributed by atoms with Gasteiger partial charge in [0.2, 0.25) is 5.75 Å². The van der Waals surface area contributed by atoms with Crippen molar-refractivity contribution in [2.45, 2.75) is 25.9 Å². The van der Waals surface area contributed by atoms with Gasteiger partial charge in [-0.25, -0.2) is 4.98 Å². The van der Waals surface area contributed by atoms with E-state index in [9.17, 15) is 4.79 Å². The zero-order chi connectivity index (χ0) is 19.2. The molecule has 28 heavy (non-hydrogen) atoms. The summed E-state index contributed by atoms with van der Waals surface area (Å²) in [4.78, 5) is 22.1. The molecular weight excluding hydrogens is 350 g/mol. The van der Waals surface area contributed by atoms with Crippen LogP contribution in [0.15, 0.2) is 71.7 Å². The molecule has 1 aliphatic rings. The maximum Gasteiger partial charge on any atom is 0.293 e. The molecule has 0 aliphatic carbocycles. The van der Waals surface area contributed by atoms with Crippen LogP contribution in [0.3, 0.4) is 0 Å². The molecule has 2 heterocycles. The third-order valence-corrected chi connectivity index (χ3v) is 5.27. The van der Waals surface area contributed by atoms with Crippen molar-refractivity contribution >= 4 is 5.69 Å². The van der Waals surface area contributed by atoms with Gasteiger partial charge in [-0.3, -0.25) is 4.79 Å². The molecule has 0 amide bonds. The molecule has 5 heteroatoms. The maximum atomic E-state index is 12.3. The third-order valence-electron chi connectivity index (χ3n) is 5.27.